The van der Waals surface area contributed by atoms with Gasteiger partial charge in [0.05, 0.1) is 17.6 Å². The normalized spacial score (nSPS) is 15.4. The van der Waals surface area contributed by atoms with Crippen molar-refractivity contribution in [3.8, 4) is 5.69 Å². The third-order valence-corrected chi connectivity index (χ3v) is 3.29. The lowest BCUT2D eigenvalue weighted by Gasteiger charge is -2.19. The van der Waals surface area contributed by atoms with E-state index in [1.807, 2.05) is 35.0 Å². The smallest absolute Gasteiger partial charge is 0.0863 e. The number of benzene rings is 1. The molecule has 0 radical (unpaired) electrons. The zero-order chi connectivity index (χ0) is 11.5. The van der Waals surface area contributed by atoms with E-state index >= 15 is 0 Å². The summed E-state index contributed by atoms with van der Waals surface area (Å²) in [6, 6.07) is 10.1. The number of halogens is 2. The maximum absolute atomic E-state index is 4.30. The first-order valence-corrected chi connectivity index (χ1v) is 6.12. The van der Waals surface area contributed by atoms with Crippen LogP contribution in [-0.2, 0) is 0 Å². The van der Waals surface area contributed by atoms with Crippen molar-refractivity contribution >= 4 is 24.8 Å². The number of rotatable bonds is 2. The second kappa shape index (κ2) is 7.48. The van der Waals surface area contributed by atoms with E-state index < -0.39 is 0 Å². The standard InChI is InChI=1S/C13H16N4.2ClH/c1-2-4-12(5-3-1)17-10-13(15-16-17)11-6-8-14-9-7-11;;/h1-5,10-11,14H,6-9H2;2*1H. The monoisotopic (exact) mass is 300 g/mol. The van der Waals surface area contributed by atoms with Gasteiger partial charge in [-0.05, 0) is 38.1 Å². The largest absolute Gasteiger partial charge is 0.317 e. The molecule has 1 aliphatic heterocycles. The van der Waals surface area contributed by atoms with E-state index in [4.69, 9.17) is 0 Å². The highest BCUT2D eigenvalue weighted by molar-refractivity contribution is 5.85. The quantitative estimate of drug-likeness (QED) is 0.927. The van der Waals surface area contributed by atoms with Crippen LogP contribution in [0.25, 0.3) is 5.69 Å². The highest BCUT2D eigenvalue weighted by Crippen LogP contribution is 2.23. The van der Waals surface area contributed by atoms with Gasteiger partial charge in [0.15, 0.2) is 0 Å². The molecule has 0 saturated carbocycles. The fraction of sp³-hybridized carbons (Fsp3) is 0.385. The van der Waals surface area contributed by atoms with Gasteiger partial charge in [0.25, 0.3) is 0 Å². The van der Waals surface area contributed by atoms with E-state index in [0.717, 1.165) is 37.3 Å². The van der Waals surface area contributed by atoms with Crippen LogP contribution in [0.4, 0.5) is 0 Å². The number of nitrogens with one attached hydrogen (secondary N) is 1. The molecule has 1 aliphatic rings. The van der Waals surface area contributed by atoms with Gasteiger partial charge < -0.3 is 5.32 Å². The molecule has 3 rings (SSSR count). The van der Waals surface area contributed by atoms with Crippen LogP contribution in [0.5, 0.6) is 0 Å². The van der Waals surface area contributed by atoms with Crippen molar-refractivity contribution in [3.05, 3.63) is 42.2 Å². The average molecular weight is 301 g/mol. The van der Waals surface area contributed by atoms with Gasteiger partial charge in [-0.25, -0.2) is 4.68 Å². The summed E-state index contributed by atoms with van der Waals surface area (Å²) < 4.78 is 1.86. The molecule has 1 N–H and O–H groups in total. The lowest BCUT2D eigenvalue weighted by Crippen LogP contribution is -2.26. The first-order chi connectivity index (χ1) is 8.43. The zero-order valence-electron chi connectivity index (χ0n) is 10.5. The molecule has 1 saturated heterocycles. The van der Waals surface area contributed by atoms with Crippen molar-refractivity contribution in [1.29, 1.82) is 0 Å². The van der Waals surface area contributed by atoms with Crippen LogP contribution < -0.4 is 5.32 Å². The Labute approximate surface area is 125 Å². The molecule has 4 nitrogen and oxygen atoms in total. The molecule has 0 spiro atoms. The maximum Gasteiger partial charge on any atom is 0.0863 e. The van der Waals surface area contributed by atoms with Crippen molar-refractivity contribution in [1.82, 2.24) is 20.3 Å². The number of para-hydroxylation sites is 1. The van der Waals surface area contributed by atoms with Crippen molar-refractivity contribution < 1.29 is 0 Å². The number of hydrogen-bond acceptors (Lipinski definition) is 3. The number of nitrogens with zero attached hydrogens (tertiary/aromatic N) is 3. The van der Waals surface area contributed by atoms with Crippen LogP contribution in [0.2, 0.25) is 0 Å². The summed E-state index contributed by atoms with van der Waals surface area (Å²) >= 11 is 0. The fourth-order valence-electron chi connectivity index (χ4n) is 2.29. The summed E-state index contributed by atoms with van der Waals surface area (Å²) in [5.74, 6) is 0.564. The molecule has 0 atom stereocenters. The van der Waals surface area contributed by atoms with Crippen LogP contribution in [0.15, 0.2) is 36.5 Å². The Morgan fingerprint density at radius 3 is 2.42 bits per heavy atom. The summed E-state index contributed by atoms with van der Waals surface area (Å²) in [4.78, 5) is 0. The Morgan fingerprint density at radius 2 is 1.74 bits per heavy atom. The molecule has 0 amide bonds. The van der Waals surface area contributed by atoms with Crippen LogP contribution >= 0.6 is 24.8 Å². The van der Waals surface area contributed by atoms with Crippen LogP contribution in [0, 0.1) is 0 Å². The Bertz CT molecular complexity index is 480. The van der Waals surface area contributed by atoms with Gasteiger partial charge >= 0.3 is 0 Å². The first kappa shape index (κ1) is 16.0. The lowest BCUT2D eigenvalue weighted by molar-refractivity contribution is 0.453. The van der Waals surface area contributed by atoms with E-state index in [2.05, 4.69) is 21.8 Å². The van der Waals surface area contributed by atoms with Gasteiger partial charge in [0, 0.05) is 5.92 Å². The summed E-state index contributed by atoms with van der Waals surface area (Å²) in [5, 5.41) is 11.9. The minimum atomic E-state index is 0. The molecule has 6 heteroatoms. The van der Waals surface area contributed by atoms with E-state index in [0.29, 0.717) is 5.92 Å². The van der Waals surface area contributed by atoms with Crippen molar-refractivity contribution in [2.75, 3.05) is 13.1 Å². The van der Waals surface area contributed by atoms with E-state index in [1.165, 1.54) is 0 Å². The van der Waals surface area contributed by atoms with Gasteiger partial charge in [0.1, 0.15) is 0 Å². The van der Waals surface area contributed by atoms with Crippen LogP contribution in [-0.4, -0.2) is 28.1 Å². The van der Waals surface area contributed by atoms with Crippen molar-refractivity contribution in [2.45, 2.75) is 18.8 Å². The second-order valence-electron chi connectivity index (χ2n) is 4.45. The minimum Gasteiger partial charge on any atom is -0.317 e. The Kier molecular flexibility index (Phi) is 6.28. The zero-order valence-corrected chi connectivity index (χ0v) is 12.2. The molecule has 2 aromatic rings. The van der Waals surface area contributed by atoms with Crippen LogP contribution in [0.3, 0.4) is 0 Å². The average Bonchev–Trinajstić information content (AvgIpc) is 2.90. The number of piperidine rings is 1. The van der Waals surface area contributed by atoms with Gasteiger partial charge in [-0.15, -0.1) is 29.9 Å². The molecule has 1 aromatic heterocycles. The third kappa shape index (κ3) is 3.69. The summed E-state index contributed by atoms with van der Waals surface area (Å²) in [6.45, 7) is 2.17. The fourth-order valence-corrected chi connectivity index (χ4v) is 2.29. The van der Waals surface area contributed by atoms with Crippen LogP contribution in [0.1, 0.15) is 24.5 Å². The van der Waals surface area contributed by atoms with E-state index in [-0.39, 0.29) is 24.8 Å². The van der Waals surface area contributed by atoms with Gasteiger partial charge in [-0.1, -0.05) is 23.4 Å². The molecule has 2 heterocycles. The van der Waals surface area contributed by atoms with E-state index in [9.17, 15) is 0 Å². The lowest BCUT2D eigenvalue weighted by atomic mass is 9.95. The summed E-state index contributed by atoms with van der Waals surface area (Å²) in [6.07, 6.45) is 4.38. The predicted molar refractivity (Wildman–Crippen MR) is 80.7 cm³/mol. The molecule has 19 heavy (non-hydrogen) atoms. The molecule has 0 bridgehead atoms. The maximum atomic E-state index is 4.30. The highest BCUT2D eigenvalue weighted by atomic mass is 35.5. The highest BCUT2D eigenvalue weighted by Gasteiger charge is 2.18. The molecule has 104 valence electrons. The predicted octanol–water partition coefficient (Wildman–Crippen LogP) is 2.58. The Balaban J connectivity index is 0.000000902. The van der Waals surface area contributed by atoms with Gasteiger partial charge in [0.2, 0.25) is 0 Å². The van der Waals surface area contributed by atoms with Crippen molar-refractivity contribution in [3.63, 3.8) is 0 Å². The van der Waals surface area contributed by atoms with Gasteiger partial charge in [-0.3, -0.25) is 0 Å². The molecule has 1 aromatic carbocycles. The third-order valence-electron chi connectivity index (χ3n) is 3.29. The molecular formula is C13H18Cl2N4. The molecule has 1 fully saturated rings. The van der Waals surface area contributed by atoms with Gasteiger partial charge in [-0.2, -0.15) is 0 Å². The topological polar surface area (TPSA) is 42.7 Å². The minimum absolute atomic E-state index is 0. The molecule has 0 unspecified atom stereocenters. The summed E-state index contributed by atoms with van der Waals surface area (Å²) in [5.41, 5.74) is 2.19. The molecule has 0 aliphatic carbocycles. The Hall–Kier alpha value is -1.10. The summed E-state index contributed by atoms with van der Waals surface area (Å²) in [7, 11) is 0. The van der Waals surface area contributed by atoms with E-state index in [1.54, 1.807) is 0 Å². The SMILES string of the molecule is Cl.Cl.c1ccc(-n2cc(C3CCNCC3)nn2)cc1. The van der Waals surface area contributed by atoms with Crippen molar-refractivity contribution in [2.24, 2.45) is 0 Å². The molecular weight excluding hydrogens is 283 g/mol. The first-order valence-electron chi connectivity index (χ1n) is 6.12. The second-order valence-corrected chi connectivity index (χ2v) is 4.45. The number of hydrogen-bond donors (Lipinski definition) is 1. The Morgan fingerprint density at radius 1 is 1.05 bits per heavy atom. The number of aromatic nitrogens is 3.